The Morgan fingerprint density at radius 1 is 1.17 bits per heavy atom. The summed E-state index contributed by atoms with van der Waals surface area (Å²) in [6.45, 7) is 2.08. The molecule has 0 radical (unpaired) electrons. The van der Waals surface area contributed by atoms with E-state index in [9.17, 15) is 9.59 Å². The van der Waals surface area contributed by atoms with Gasteiger partial charge in [0.15, 0.2) is 0 Å². The topological polar surface area (TPSA) is 53.2 Å². The molecule has 1 aromatic carbocycles. The molecule has 2 amide bonds. The van der Waals surface area contributed by atoms with Crippen LogP contribution in [0.5, 0.6) is 0 Å². The van der Waals surface area contributed by atoms with Gasteiger partial charge in [-0.2, -0.15) is 0 Å². The van der Waals surface area contributed by atoms with Crippen molar-refractivity contribution in [1.29, 1.82) is 0 Å². The predicted molar refractivity (Wildman–Crippen MR) is 88.5 cm³/mol. The largest absolute Gasteiger partial charge is 0.365 e. The summed E-state index contributed by atoms with van der Waals surface area (Å²) in [4.78, 5) is 30.6. The van der Waals surface area contributed by atoms with Crippen LogP contribution in [-0.2, 0) is 16.0 Å². The van der Waals surface area contributed by atoms with Crippen LogP contribution in [0.25, 0.3) is 0 Å². The SMILES string of the molecule is CC[C@@H]1Cc2[nH]ccc2[C@H]2C(=O)N(c3ccc(Cl)cc3)C(=O)[C@@H]12. The number of hydrogen-bond donors (Lipinski definition) is 1. The molecule has 1 saturated heterocycles. The van der Waals surface area contributed by atoms with Crippen LogP contribution in [0.3, 0.4) is 0 Å². The number of halogens is 1. The molecule has 0 bridgehead atoms. The van der Waals surface area contributed by atoms with Crippen LogP contribution in [-0.4, -0.2) is 16.8 Å². The molecule has 2 aromatic rings. The third-order valence-electron chi connectivity index (χ3n) is 5.14. The summed E-state index contributed by atoms with van der Waals surface area (Å²) >= 11 is 5.92. The Labute approximate surface area is 139 Å². The normalized spacial score (nSPS) is 26.3. The van der Waals surface area contributed by atoms with Gasteiger partial charge in [-0.25, -0.2) is 4.90 Å². The van der Waals surface area contributed by atoms with Crippen LogP contribution in [0, 0.1) is 11.8 Å². The van der Waals surface area contributed by atoms with Crippen molar-refractivity contribution in [2.24, 2.45) is 11.8 Å². The lowest BCUT2D eigenvalue weighted by molar-refractivity contribution is -0.123. The van der Waals surface area contributed by atoms with Crippen LogP contribution >= 0.6 is 11.6 Å². The summed E-state index contributed by atoms with van der Waals surface area (Å²) in [5.74, 6) is -0.633. The number of hydrogen-bond acceptors (Lipinski definition) is 2. The Bertz CT molecular complexity index is 781. The first-order valence-corrected chi connectivity index (χ1v) is 8.29. The number of nitrogens with one attached hydrogen (secondary N) is 1. The van der Waals surface area contributed by atoms with Gasteiger partial charge in [0.1, 0.15) is 0 Å². The molecule has 1 fully saturated rings. The molecule has 5 heteroatoms. The van der Waals surface area contributed by atoms with Crippen molar-refractivity contribution in [2.45, 2.75) is 25.7 Å². The Kier molecular flexibility index (Phi) is 3.31. The van der Waals surface area contributed by atoms with Crippen molar-refractivity contribution in [3.63, 3.8) is 0 Å². The lowest BCUT2D eigenvalue weighted by Crippen LogP contribution is -2.33. The summed E-state index contributed by atoms with van der Waals surface area (Å²) < 4.78 is 0. The molecule has 118 valence electrons. The van der Waals surface area contributed by atoms with E-state index < -0.39 is 0 Å². The molecule has 23 heavy (non-hydrogen) atoms. The van der Waals surface area contributed by atoms with Gasteiger partial charge in [0.2, 0.25) is 11.8 Å². The van der Waals surface area contributed by atoms with Crippen LogP contribution in [0.1, 0.15) is 30.5 Å². The Balaban J connectivity index is 1.81. The number of anilines is 1. The van der Waals surface area contributed by atoms with Gasteiger partial charge in [-0.15, -0.1) is 0 Å². The highest BCUT2D eigenvalue weighted by Gasteiger charge is 2.54. The van der Waals surface area contributed by atoms with Crippen LogP contribution in [0.15, 0.2) is 36.5 Å². The van der Waals surface area contributed by atoms with Crippen LogP contribution in [0.2, 0.25) is 5.02 Å². The summed E-state index contributed by atoms with van der Waals surface area (Å²) in [5.41, 5.74) is 2.68. The number of nitrogens with zero attached hydrogens (tertiary/aromatic N) is 1. The fraction of sp³-hybridized carbons (Fsp3) is 0.333. The maximum absolute atomic E-state index is 13.0. The number of H-pyrrole nitrogens is 1. The van der Waals surface area contributed by atoms with E-state index in [1.54, 1.807) is 24.3 Å². The van der Waals surface area contributed by atoms with Gasteiger partial charge in [0, 0.05) is 16.9 Å². The van der Waals surface area contributed by atoms with Gasteiger partial charge in [-0.1, -0.05) is 24.9 Å². The lowest BCUT2D eigenvalue weighted by Gasteiger charge is -2.29. The number of aromatic nitrogens is 1. The van der Waals surface area contributed by atoms with E-state index in [1.807, 2.05) is 12.3 Å². The zero-order valence-corrected chi connectivity index (χ0v) is 13.5. The second-order valence-corrected chi connectivity index (χ2v) is 6.71. The van der Waals surface area contributed by atoms with E-state index in [4.69, 9.17) is 11.6 Å². The number of amides is 2. The van der Waals surface area contributed by atoms with Gasteiger partial charge in [0.25, 0.3) is 0 Å². The van der Waals surface area contributed by atoms with Gasteiger partial charge in [-0.05, 0) is 48.2 Å². The van der Waals surface area contributed by atoms with Crippen molar-refractivity contribution < 1.29 is 9.59 Å². The molecule has 1 aliphatic heterocycles. The average Bonchev–Trinajstić information content (AvgIpc) is 3.11. The van der Waals surface area contributed by atoms with Gasteiger partial charge in [0.05, 0.1) is 17.5 Å². The molecule has 0 saturated carbocycles. The van der Waals surface area contributed by atoms with E-state index in [1.165, 1.54) is 4.90 Å². The zero-order chi connectivity index (χ0) is 16.1. The molecular weight excluding hydrogens is 312 g/mol. The third kappa shape index (κ3) is 2.05. The van der Waals surface area contributed by atoms with E-state index >= 15 is 0 Å². The maximum atomic E-state index is 13.0. The van der Waals surface area contributed by atoms with Crippen molar-refractivity contribution in [3.05, 3.63) is 52.8 Å². The zero-order valence-electron chi connectivity index (χ0n) is 12.8. The predicted octanol–water partition coefficient (Wildman–Crippen LogP) is 3.52. The molecule has 4 rings (SSSR count). The number of carbonyl (C=O) groups is 2. The van der Waals surface area contributed by atoms with Crippen molar-refractivity contribution >= 4 is 29.1 Å². The number of imide groups is 1. The van der Waals surface area contributed by atoms with Gasteiger partial charge in [-0.3, -0.25) is 9.59 Å². The summed E-state index contributed by atoms with van der Waals surface area (Å²) in [6, 6.07) is 8.81. The molecule has 1 N–H and O–H groups in total. The number of rotatable bonds is 2. The summed E-state index contributed by atoms with van der Waals surface area (Å²) in [6.07, 6.45) is 3.57. The number of aromatic amines is 1. The molecular formula is C18H17ClN2O2. The Hall–Kier alpha value is -2.07. The maximum Gasteiger partial charge on any atom is 0.242 e. The standard InChI is InChI=1S/C18H17ClN2O2/c1-2-10-9-14-13(7-8-20-14)16-15(10)17(22)21(18(16)23)12-5-3-11(19)4-6-12/h3-8,10,15-16,20H,2,9H2,1H3/t10-,15+,16-/m1/s1. The highest BCUT2D eigenvalue weighted by molar-refractivity contribution is 6.31. The van der Waals surface area contributed by atoms with Crippen LogP contribution < -0.4 is 4.90 Å². The lowest BCUT2D eigenvalue weighted by atomic mass is 9.71. The molecule has 4 nitrogen and oxygen atoms in total. The first kappa shape index (κ1) is 14.5. The molecule has 0 spiro atoms. The van der Waals surface area contributed by atoms with Crippen molar-refractivity contribution in [1.82, 2.24) is 4.98 Å². The fourth-order valence-electron chi connectivity index (χ4n) is 4.01. The molecule has 2 aliphatic rings. The monoisotopic (exact) mass is 328 g/mol. The first-order chi connectivity index (χ1) is 11.1. The molecule has 3 atom stereocenters. The van der Waals surface area contributed by atoms with Crippen LogP contribution in [0.4, 0.5) is 5.69 Å². The second kappa shape index (κ2) is 5.24. The van der Waals surface area contributed by atoms with E-state index in [2.05, 4.69) is 11.9 Å². The number of carbonyl (C=O) groups excluding carboxylic acids is 2. The molecule has 0 unspecified atom stereocenters. The minimum atomic E-state index is -0.363. The Morgan fingerprint density at radius 3 is 2.61 bits per heavy atom. The molecule has 2 heterocycles. The number of fused-ring (bicyclic) bond motifs is 3. The Morgan fingerprint density at radius 2 is 1.91 bits per heavy atom. The van der Waals surface area contributed by atoms with Gasteiger partial charge >= 0.3 is 0 Å². The van der Waals surface area contributed by atoms with Crippen molar-refractivity contribution in [2.75, 3.05) is 4.90 Å². The first-order valence-electron chi connectivity index (χ1n) is 7.91. The van der Waals surface area contributed by atoms with Gasteiger partial charge < -0.3 is 4.98 Å². The summed E-state index contributed by atoms with van der Waals surface area (Å²) in [5, 5.41) is 0.588. The minimum absolute atomic E-state index is 0.0824. The third-order valence-corrected chi connectivity index (χ3v) is 5.39. The van der Waals surface area contributed by atoms with Crippen molar-refractivity contribution in [3.8, 4) is 0 Å². The van der Waals surface area contributed by atoms with E-state index in [0.717, 1.165) is 24.1 Å². The molecule has 1 aliphatic carbocycles. The fourth-order valence-corrected chi connectivity index (χ4v) is 4.14. The highest BCUT2D eigenvalue weighted by atomic mass is 35.5. The highest BCUT2D eigenvalue weighted by Crippen LogP contribution is 2.47. The number of benzene rings is 1. The van der Waals surface area contributed by atoms with E-state index in [-0.39, 0.29) is 29.6 Å². The second-order valence-electron chi connectivity index (χ2n) is 6.28. The smallest absolute Gasteiger partial charge is 0.242 e. The minimum Gasteiger partial charge on any atom is -0.365 e. The quantitative estimate of drug-likeness (QED) is 0.857. The average molecular weight is 329 g/mol. The summed E-state index contributed by atoms with van der Waals surface area (Å²) in [7, 11) is 0. The molecule has 1 aromatic heterocycles. The van der Waals surface area contributed by atoms with E-state index in [0.29, 0.717) is 10.7 Å².